The van der Waals surface area contributed by atoms with Crippen molar-refractivity contribution in [1.29, 1.82) is 0 Å². The number of nitrogens with two attached hydrogens (primary N) is 1. The van der Waals surface area contributed by atoms with Gasteiger partial charge >= 0.3 is 0 Å². The fourth-order valence-electron chi connectivity index (χ4n) is 7.39. The number of alkyl halides is 1. The Bertz CT molecular complexity index is 2520. The smallest absolute Gasteiger partial charge is 0.256 e. The normalized spacial score (nSPS) is 15.8. The molecule has 8 rings (SSSR count). The van der Waals surface area contributed by atoms with E-state index < -0.39 is 6.10 Å². The number of hydrogen-bond donors (Lipinski definition) is 3. The van der Waals surface area contributed by atoms with Crippen LogP contribution in [-0.4, -0.2) is 56.1 Å². The van der Waals surface area contributed by atoms with Crippen LogP contribution in [0.5, 0.6) is 11.5 Å². The number of nitrogens with one attached hydrogen (secondary N) is 1. The molecule has 59 heavy (non-hydrogen) atoms. The van der Waals surface area contributed by atoms with Gasteiger partial charge in [0.25, 0.3) is 11.8 Å². The third-order valence-electron chi connectivity index (χ3n) is 10.1. The van der Waals surface area contributed by atoms with Crippen molar-refractivity contribution >= 4 is 23.0 Å². The number of rotatable bonds is 12. The van der Waals surface area contributed by atoms with Gasteiger partial charge in [0.05, 0.1) is 31.5 Å². The minimum absolute atomic E-state index is 0.00194. The average molecular weight is 813 g/mol. The van der Waals surface area contributed by atoms with Crippen molar-refractivity contribution in [3.05, 3.63) is 118 Å². The van der Waals surface area contributed by atoms with Gasteiger partial charge in [-0.2, -0.15) is 9.97 Å². The van der Waals surface area contributed by atoms with E-state index in [4.69, 9.17) is 49.0 Å². The molecule has 4 N–H and O–H groups in total. The lowest BCUT2D eigenvalue weighted by molar-refractivity contribution is 0.189. The molecule has 4 aromatic carbocycles. The second-order valence-corrected chi connectivity index (χ2v) is 15.3. The highest BCUT2D eigenvalue weighted by molar-refractivity contribution is 6.18. The van der Waals surface area contributed by atoms with Gasteiger partial charge in [0.1, 0.15) is 11.5 Å². The lowest BCUT2D eigenvalue weighted by Crippen LogP contribution is -2.30. The number of nitrogens with zero attached hydrogens (tertiary/aromatic N) is 6. The molecule has 13 nitrogen and oxygen atoms in total. The monoisotopic (exact) mass is 812 g/mol. The molecule has 0 fully saturated rings. The van der Waals surface area contributed by atoms with Crippen LogP contribution in [0.4, 0.5) is 11.4 Å². The fourth-order valence-corrected chi connectivity index (χ4v) is 7.50. The first-order valence-electron chi connectivity index (χ1n) is 19.6. The van der Waals surface area contributed by atoms with E-state index in [1.165, 1.54) is 16.7 Å². The molecule has 2 aliphatic rings. The maximum Gasteiger partial charge on any atom is 0.256 e. The van der Waals surface area contributed by atoms with E-state index in [1.807, 2.05) is 64.1 Å². The Morgan fingerprint density at radius 2 is 1.29 bits per heavy atom. The number of ether oxygens (including phenoxy) is 2. The van der Waals surface area contributed by atoms with Crippen molar-refractivity contribution in [3.63, 3.8) is 0 Å². The summed E-state index contributed by atoms with van der Waals surface area (Å²) in [5.41, 5.74) is 15.0. The van der Waals surface area contributed by atoms with Crippen molar-refractivity contribution < 1.29 is 23.6 Å². The first-order valence-corrected chi connectivity index (χ1v) is 20.1. The van der Waals surface area contributed by atoms with E-state index in [9.17, 15) is 5.11 Å². The summed E-state index contributed by atoms with van der Waals surface area (Å²) in [6, 6.07) is 22.9. The third kappa shape index (κ3) is 9.15. The molecule has 1 unspecified atom stereocenters. The van der Waals surface area contributed by atoms with E-state index in [-0.39, 0.29) is 30.2 Å². The van der Waals surface area contributed by atoms with Crippen LogP contribution >= 0.6 is 11.6 Å². The van der Waals surface area contributed by atoms with Gasteiger partial charge in [-0.3, -0.25) is 0 Å². The Balaban J connectivity index is 0.000000181. The summed E-state index contributed by atoms with van der Waals surface area (Å²) in [4.78, 5) is 16.3. The van der Waals surface area contributed by atoms with Crippen LogP contribution < -0.4 is 20.5 Å². The van der Waals surface area contributed by atoms with Gasteiger partial charge in [0.15, 0.2) is 0 Å². The van der Waals surface area contributed by atoms with Crippen LogP contribution in [0, 0.1) is 13.1 Å². The largest absolute Gasteiger partial charge is 0.502 e. The van der Waals surface area contributed by atoms with E-state index >= 15 is 0 Å². The summed E-state index contributed by atoms with van der Waals surface area (Å²) in [7, 11) is 0. The molecule has 2 heterocycles. The first kappa shape index (κ1) is 41.1. The van der Waals surface area contributed by atoms with Crippen molar-refractivity contribution in [2.24, 2.45) is 5.73 Å². The van der Waals surface area contributed by atoms with Crippen molar-refractivity contribution in [3.8, 4) is 57.2 Å². The Morgan fingerprint density at radius 1 is 0.780 bits per heavy atom. The molecule has 6 aromatic rings. The SMILES string of the molecule is [C-]#[N+]c1cc(-c2nc(-c3cccc4c3CC[C@@H]4N)no2)ccc1OC(C)C.[C-]#[N+]c1cc(-c2nc(-c3cccc4c3CC[C@@H]4NCC(O)CCl)no2)ccc1OC(C)C. The number of aromatic nitrogens is 4. The molecule has 14 heteroatoms. The Kier molecular flexibility index (Phi) is 12.7. The molecular weight excluding hydrogens is 768 g/mol. The summed E-state index contributed by atoms with van der Waals surface area (Å²) >= 11 is 5.71. The predicted octanol–water partition coefficient (Wildman–Crippen LogP) is 9.61. The highest BCUT2D eigenvalue weighted by atomic mass is 35.5. The summed E-state index contributed by atoms with van der Waals surface area (Å²) in [5.74, 6) is 3.10. The van der Waals surface area contributed by atoms with Crippen molar-refractivity contribution in [1.82, 2.24) is 25.6 Å². The van der Waals surface area contributed by atoms with Gasteiger partial charge in [-0.25, -0.2) is 9.69 Å². The number of aliphatic hydroxyl groups is 1. The zero-order chi connectivity index (χ0) is 41.6. The van der Waals surface area contributed by atoms with Gasteiger partial charge in [0.2, 0.25) is 23.0 Å². The minimum atomic E-state index is -0.568. The van der Waals surface area contributed by atoms with Crippen LogP contribution in [0.1, 0.15) is 74.9 Å². The second kappa shape index (κ2) is 18.2. The fraction of sp³-hybridized carbons (Fsp3) is 0.333. The third-order valence-corrected chi connectivity index (χ3v) is 10.4. The molecule has 2 aromatic heterocycles. The lowest BCUT2D eigenvalue weighted by atomic mass is 10.0. The first-order chi connectivity index (χ1) is 28.6. The maximum atomic E-state index is 9.75. The van der Waals surface area contributed by atoms with E-state index in [0.717, 1.165) is 42.4 Å². The zero-order valence-corrected chi connectivity index (χ0v) is 34.0. The number of halogens is 1. The molecular formula is C45H45ClN8O5. The molecule has 302 valence electrons. The molecule has 0 radical (unpaired) electrons. The number of aliphatic hydroxyl groups excluding tert-OH is 1. The molecule has 0 amide bonds. The van der Waals surface area contributed by atoms with Crippen LogP contribution in [0.3, 0.4) is 0 Å². The number of hydrogen-bond acceptors (Lipinski definition) is 11. The van der Waals surface area contributed by atoms with E-state index in [0.29, 0.717) is 64.0 Å². The molecule has 3 atom stereocenters. The van der Waals surface area contributed by atoms with Gasteiger partial charge in [-0.1, -0.05) is 46.7 Å². The van der Waals surface area contributed by atoms with Crippen LogP contribution in [0.2, 0.25) is 0 Å². The van der Waals surface area contributed by atoms with Gasteiger partial charge in [-0.05, 0) is 112 Å². The highest BCUT2D eigenvalue weighted by Crippen LogP contribution is 2.40. The van der Waals surface area contributed by atoms with E-state index in [2.05, 4.69) is 47.4 Å². The standard InChI is InChI=1S/C24H25ClN4O3.C21H20N4O2/c1-14(2)31-22-10-7-15(11-21(22)26-3)24-28-23(29-32-24)19-6-4-5-18-17(19)8-9-20(18)27-13-16(30)12-25;1-12(2)26-19-10-7-13(11-18(19)23-3)21-24-20(25-27-21)16-6-4-5-15-14(16)8-9-17(15)22/h4-7,10-11,14,16,20,27,30H,8-9,12-13H2,1-2H3;4-7,10-12,17H,8-9,22H2,1-2H3/t16?,20-;17-/m00/s1. The molecule has 0 saturated heterocycles. The molecule has 0 bridgehead atoms. The summed E-state index contributed by atoms with van der Waals surface area (Å²) in [5, 5.41) is 21.5. The molecule has 2 aliphatic carbocycles. The van der Waals surface area contributed by atoms with Gasteiger partial charge in [0, 0.05) is 46.8 Å². The Hall–Kier alpha value is -6.09. The van der Waals surface area contributed by atoms with E-state index in [1.54, 1.807) is 24.3 Å². The quantitative estimate of drug-likeness (QED) is 0.0797. The number of fused-ring (bicyclic) bond motifs is 2. The van der Waals surface area contributed by atoms with Crippen LogP contribution in [0.15, 0.2) is 81.8 Å². The molecule has 0 saturated carbocycles. The van der Waals surface area contributed by atoms with Crippen molar-refractivity contribution in [2.75, 3.05) is 12.4 Å². The topological polar surface area (TPSA) is 163 Å². The second-order valence-electron chi connectivity index (χ2n) is 15.0. The lowest BCUT2D eigenvalue weighted by Gasteiger charge is -2.16. The molecule has 0 aliphatic heterocycles. The minimum Gasteiger partial charge on any atom is -0.502 e. The van der Waals surface area contributed by atoms with Crippen LogP contribution in [-0.2, 0) is 12.8 Å². The maximum absolute atomic E-state index is 9.75. The zero-order valence-electron chi connectivity index (χ0n) is 33.3. The van der Waals surface area contributed by atoms with Gasteiger partial charge < -0.3 is 34.7 Å². The summed E-state index contributed by atoms with van der Waals surface area (Å²) < 4.78 is 22.4. The summed E-state index contributed by atoms with van der Waals surface area (Å²) in [6.07, 6.45) is 3.07. The number of benzene rings is 4. The Labute approximate surface area is 348 Å². The Morgan fingerprint density at radius 3 is 1.80 bits per heavy atom. The van der Waals surface area contributed by atoms with Gasteiger partial charge in [-0.15, -0.1) is 11.6 Å². The highest BCUT2D eigenvalue weighted by Gasteiger charge is 2.27. The van der Waals surface area contributed by atoms with Crippen LogP contribution in [0.25, 0.3) is 55.4 Å². The summed E-state index contributed by atoms with van der Waals surface area (Å²) in [6.45, 7) is 23.0. The molecule has 0 spiro atoms. The average Bonchev–Trinajstić information content (AvgIpc) is 4.07. The van der Waals surface area contributed by atoms with Crippen molar-refractivity contribution in [2.45, 2.75) is 83.8 Å². The predicted molar refractivity (Wildman–Crippen MR) is 225 cm³/mol.